The van der Waals surface area contributed by atoms with E-state index in [4.69, 9.17) is 0 Å². The lowest BCUT2D eigenvalue weighted by atomic mass is 9.93. The summed E-state index contributed by atoms with van der Waals surface area (Å²) in [5.41, 5.74) is 3.82. The number of aromatic amines is 1. The van der Waals surface area contributed by atoms with E-state index >= 15 is 0 Å². The number of para-hydroxylation sites is 1. The van der Waals surface area contributed by atoms with Gasteiger partial charge in [-0.05, 0) is 31.0 Å². The van der Waals surface area contributed by atoms with E-state index in [9.17, 15) is 9.90 Å². The second-order valence-electron chi connectivity index (χ2n) is 7.56. The summed E-state index contributed by atoms with van der Waals surface area (Å²) in [5, 5.41) is 13.0. The van der Waals surface area contributed by atoms with Crippen LogP contribution in [0, 0.1) is 6.92 Å². The number of aromatic nitrogens is 1. The van der Waals surface area contributed by atoms with Crippen molar-refractivity contribution in [2.24, 2.45) is 0 Å². The highest BCUT2D eigenvalue weighted by atomic mass is 16.3. The van der Waals surface area contributed by atoms with Gasteiger partial charge in [-0.15, -0.1) is 0 Å². The van der Waals surface area contributed by atoms with Crippen LogP contribution in [0.15, 0.2) is 78.9 Å². The summed E-state index contributed by atoms with van der Waals surface area (Å²) in [6.07, 6.45) is 0.657. The molecule has 1 aromatic heterocycles. The second kappa shape index (κ2) is 6.61. The van der Waals surface area contributed by atoms with E-state index in [0.717, 1.165) is 16.6 Å². The number of benzene rings is 3. The van der Waals surface area contributed by atoms with Crippen molar-refractivity contribution in [1.29, 1.82) is 0 Å². The number of hydrogen-bond donors (Lipinski definition) is 2. The summed E-state index contributed by atoms with van der Waals surface area (Å²) in [7, 11) is 0. The largest absolute Gasteiger partial charge is 0.363 e. The molecule has 4 nitrogen and oxygen atoms in total. The van der Waals surface area contributed by atoms with E-state index in [2.05, 4.69) is 24.0 Å². The Hall–Kier alpha value is -3.37. The first-order valence-corrected chi connectivity index (χ1v) is 9.86. The number of hydrogen-bond acceptors (Lipinski definition) is 2. The quantitative estimate of drug-likeness (QED) is 0.551. The third kappa shape index (κ3) is 2.60. The molecule has 1 aliphatic rings. The molecule has 3 aromatic carbocycles. The summed E-state index contributed by atoms with van der Waals surface area (Å²) in [4.78, 5) is 18.3. The van der Waals surface area contributed by atoms with Gasteiger partial charge in [-0.1, -0.05) is 66.7 Å². The maximum Gasteiger partial charge on any atom is 0.257 e. The molecule has 0 unspecified atom stereocenters. The fourth-order valence-electron chi connectivity index (χ4n) is 4.54. The predicted octanol–water partition coefficient (Wildman–Crippen LogP) is 4.37. The van der Waals surface area contributed by atoms with Crippen molar-refractivity contribution in [2.45, 2.75) is 19.1 Å². The van der Waals surface area contributed by atoms with Crippen molar-refractivity contribution in [3.05, 3.63) is 107 Å². The summed E-state index contributed by atoms with van der Waals surface area (Å²) < 4.78 is 0. The number of H-pyrrole nitrogens is 1. The Morgan fingerprint density at radius 3 is 2.45 bits per heavy atom. The molecular weight excluding hydrogens is 360 g/mol. The number of aryl methyl sites for hydroxylation is 1. The zero-order valence-electron chi connectivity index (χ0n) is 16.2. The van der Waals surface area contributed by atoms with Crippen LogP contribution in [0.2, 0.25) is 0 Å². The van der Waals surface area contributed by atoms with Gasteiger partial charge in [-0.3, -0.25) is 4.79 Å². The lowest BCUT2D eigenvalue weighted by Crippen LogP contribution is -2.45. The number of amides is 1. The molecule has 2 N–H and O–H groups in total. The van der Waals surface area contributed by atoms with Crippen LogP contribution >= 0.6 is 0 Å². The van der Waals surface area contributed by atoms with Crippen LogP contribution in [-0.4, -0.2) is 27.4 Å². The Labute approximate surface area is 169 Å². The van der Waals surface area contributed by atoms with Crippen molar-refractivity contribution in [3.8, 4) is 0 Å². The Morgan fingerprint density at radius 1 is 0.931 bits per heavy atom. The van der Waals surface area contributed by atoms with E-state index in [1.54, 1.807) is 11.0 Å². The van der Waals surface area contributed by atoms with Crippen molar-refractivity contribution in [1.82, 2.24) is 9.88 Å². The van der Waals surface area contributed by atoms with E-state index in [-0.39, 0.29) is 5.91 Å². The Bertz CT molecular complexity index is 1210. The van der Waals surface area contributed by atoms with Crippen LogP contribution in [0.5, 0.6) is 0 Å². The summed E-state index contributed by atoms with van der Waals surface area (Å²) in [5.74, 6) is -0.135. The van der Waals surface area contributed by atoms with Gasteiger partial charge in [0.25, 0.3) is 5.91 Å². The van der Waals surface area contributed by atoms with Gasteiger partial charge in [-0.25, -0.2) is 0 Å². The Morgan fingerprint density at radius 2 is 1.62 bits per heavy atom. The average molecular weight is 382 g/mol. The van der Waals surface area contributed by atoms with Crippen LogP contribution in [-0.2, 0) is 12.1 Å². The van der Waals surface area contributed by atoms with Crippen molar-refractivity contribution in [3.63, 3.8) is 0 Å². The SMILES string of the molecule is Cc1[nH]c2ccccc2c1CCN1C(=O)c2ccccc2[C@]1(O)c1ccccc1. The summed E-state index contributed by atoms with van der Waals surface area (Å²) in [6, 6.07) is 25.0. The lowest BCUT2D eigenvalue weighted by Gasteiger charge is -2.35. The minimum Gasteiger partial charge on any atom is -0.363 e. The molecule has 1 aliphatic heterocycles. The molecule has 1 atom stereocenters. The normalized spacial score (nSPS) is 18.4. The molecule has 2 heterocycles. The average Bonchev–Trinajstić information content (AvgIpc) is 3.19. The number of carbonyl (C=O) groups excluding carboxylic acids is 1. The topological polar surface area (TPSA) is 56.3 Å². The summed E-state index contributed by atoms with van der Waals surface area (Å²) in [6.45, 7) is 2.47. The molecule has 144 valence electrons. The van der Waals surface area contributed by atoms with Crippen LogP contribution in [0.3, 0.4) is 0 Å². The van der Waals surface area contributed by atoms with Gasteiger partial charge in [0.15, 0.2) is 5.72 Å². The highest BCUT2D eigenvalue weighted by Gasteiger charge is 2.49. The minimum absolute atomic E-state index is 0.135. The van der Waals surface area contributed by atoms with Gasteiger partial charge in [0.1, 0.15) is 0 Å². The number of fused-ring (bicyclic) bond motifs is 2. The van der Waals surface area contributed by atoms with Gasteiger partial charge < -0.3 is 15.0 Å². The van der Waals surface area contributed by atoms with Crippen LogP contribution in [0.4, 0.5) is 0 Å². The Kier molecular flexibility index (Phi) is 4.03. The number of carbonyl (C=O) groups is 1. The highest BCUT2D eigenvalue weighted by Crippen LogP contribution is 2.42. The van der Waals surface area contributed by atoms with E-state index in [0.29, 0.717) is 29.7 Å². The first-order chi connectivity index (χ1) is 14.1. The molecule has 4 heteroatoms. The maximum atomic E-state index is 13.3. The standard InChI is InChI=1S/C25H22N2O2/c1-17-19(20-11-6-8-14-23(20)26-17)15-16-27-24(28)21-12-5-7-13-22(21)25(27,29)18-9-3-2-4-10-18/h2-14,26,29H,15-16H2,1H3/t25-/m1/s1. The molecule has 0 radical (unpaired) electrons. The van der Waals surface area contributed by atoms with Gasteiger partial charge in [0.2, 0.25) is 0 Å². The van der Waals surface area contributed by atoms with Crippen molar-refractivity contribution >= 4 is 16.8 Å². The van der Waals surface area contributed by atoms with Crippen molar-refractivity contribution in [2.75, 3.05) is 6.54 Å². The highest BCUT2D eigenvalue weighted by molar-refractivity contribution is 6.00. The molecule has 0 fully saturated rings. The third-order valence-corrected chi connectivity index (χ3v) is 5.96. The molecule has 29 heavy (non-hydrogen) atoms. The molecule has 0 aliphatic carbocycles. The van der Waals surface area contributed by atoms with E-state index in [1.165, 1.54) is 5.56 Å². The number of nitrogens with zero attached hydrogens (tertiary/aromatic N) is 1. The molecule has 1 amide bonds. The minimum atomic E-state index is -1.46. The first kappa shape index (κ1) is 17.7. The molecule has 0 bridgehead atoms. The smallest absolute Gasteiger partial charge is 0.257 e. The van der Waals surface area contributed by atoms with Crippen molar-refractivity contribution < 1.29 is 9.90 Å². The monoisotopic (exact) mass is 382 g/mol. The van der Waals surface area contributed by atoms with Gasteiger partial charge in [-0.2, -0.15) is 0 Å². The number of nitrogens with one attached hydrogen (secondary N) is 1. The lowest BCUT2D eigenvalue weighted by molar-refractivity contribution is -0.0493. The summed E-state index contributed by atoms with van der Waals surface area (Å²) >= 11 is 0. The fraction of sp³-hybridized carbons (Fsp3) is 0.160. The predicted molar refractivity (Wildman–Crippen MR) is 114 cm³/mol. The van der Waals surface area contributed by atoms with Crippen LogP contribution in [0.1, 0.15) is 32.7 Å². The van der Waals surface area contributed by atoms with Gasteiger partial charge in [0.05, 0.1) is 0 Å². The van der Waals surface area contributed by atoms with E-state index in [1.807, 2.05) is 60.7 Å². The number of rotatable bonds is 4. The molecular formula is C25H22N2O2. The maximum absolute atomic E-state index is 13.3. The van der Waals surface area contributed by atoms with Crippen LogP contribution in [0.25, 0.3) is 10.9 Å². The van der Waals surface area contributed by atoms with Gasteiger partial charge in [0, 0.05) is 39.8 Å². The zero-order chi connectivity index (χ0) is 20.0. The second-order valence-corrected chi connectivity index (χ2v) is 7.56. The van der Waals surface area contributed by atoms with E-state index < -0.39 is 5.72 Å². The molecule has 4 aromatic rings. The Balaban J connectivity index is 1.56. The fourth-order valence-corrected chi connectivity index (χ4v) is 4.54. The molecule has 0 saturated carbocycles. The molecule has 0 spiro atoms. The first-order valence-electron chi connectivity index (χ1n) is 9.86. The number of aliphatic hydroxyl groups is 1. The third-order valence-electron chi connectivity index (χ3n) is 5.96. The zero-order valence-corrected chi connectivity index (χ0v) is 16.2. The molecule has 5 rings (SSSR count). The van der Waals surface area contributed by atoms with Gasteiger partial charge >= 0.3 is 0 Å². The van der Waals surface area contributed by atoms with Crippen LogP contribution < -0.4 is 0 Å². The molecule has 0 saturated heterocycles.